The SMILES string of the molecule is O=C(CCc1cccc2ccccc12)N1CCC(S(=O)(=O)c2ccc(Cl)cc2)C1. The van der Waals surface area contributed by atoms with Gasteiger partial charge in [0.1, 0.15) is 0 Å². The molecule has 3 aromatic rings. The molecule has 150 valence electrons. The van der Waals surface area contributed by atoms with E-state index in [0.29, 0.717) is 30.8 Å². The van der Waals surface area contributed by atoms with Crippen molar-refractivity contribution in [3.05, 3.63) is 77.3 Å². The fourth-order valence-corrected chi connectivity index (χ4v) is 5.75. The summed E-state index contributed by atoms with van der Waals surface area (Å²) in [5.74, 6) is 0.00624. The first kappa shape index (κ1) is 19.9. The van der Waals surface area contributed by atoms with E-state index in [-0.39, 0.29) is 17.3 Å². The number of benzene rings is 3. The molecule has 4 rings (SSSR count). The van der Waals surface area contributed by atoms with Gasteiger partial charge in [-0.1, -0.05) is 54.1 Å². The van der Waals surface area contributed by atoms with Crippen LogP contribution in [-0.4, -0.2) is 37.6 Å². The maximum atomic E-state index is 12.9. The molecular formula is C23H22ClNO3S. The van der Waals surface area contributed by atoms with Gasteiger partial charge >= 0.3 is 0 Å². The van der Waals surface area contributed by atoms with Crippen LogP contribution < -0.4 is 0 Å². The van der Waals surface area contributed by atoms with Crippen LogP contribution in [0.4, 0.5) is 0 Å². The Labute approximate surface area is 176 Å². The lowest BCUT2D eigenvalue weighted by atomic mass is 10.0. The van der Waals surface area contributed by atoms with Crippen molar-refractivity contribution in [1.29, 1.82) is 0 Å². The molecule has 4 nitrogen and oxygen atoms in total. The van der Waals surface area contributed by atoms with Gasteiger partial charge in [0.25, 0.3) is 0 Å². The second-order valence-electron chi connectivity index (χ2n) is 7.39. The molecule has 6 heteroatoms. The van der Waals surface area contributed by atoms with Crippen LogP contribution in [0.1, 0.15) is 18.4 Å². The topological polar surface area (TPSA) is 54.5 Å². The summed E-state index contributed by atoms with van der Waals surface area (Å²) >= 11 is 5.86. The van der Waals surface area contributed by atoms with Gasteiger partial charge in [-0.2, -0.15) is 0 Å². The summed E-state index contributed by atoms with van der Waals surface area (Å²) in [5, 5.41) is 2.26. The Hall–Kier alpha value is -2.37. The van der Waals surface area contributed by atoms with Gasteiger partial charge in [-0.05, 0) is 53.4 Å². The van der Waals surface area contributed by atoms with E-state index in [1.54, 1.807) is 17.0 Å². The highest BCUT2D eigenvalue weighted by molar-refractivity contribution is 7.92. The number of carbonyl (C=O) groups excluding carboxylic acids is 1. The van der Waals surface area contributed by atoms with Crippen LogP contribution in [0.25, 0.3) is 10.8 Å². The van der Waals surface area contributed by atoms with Crippen molar-refractivity contribution in [2.45, 2.75) is 29.4 Å². The van der Waals surface area contributed by atoms with E-state index >= 15 is 0 Å². The highest BCUT2D eigenvalue weighted by Crippen LogP contribution is 2.26. The molecule has 0 bridgehead atoms. The zero-order valence-corrected chi connectivity index (χ0v) is 17.5. The van der Waals surface area contributed by atoms with Gasteiger partial charge in [0, 0.05) is 24.5 Å². The van der Waals surface area contributed by atoms with Crippen molar-refractivity contribution in [3.63, 3.8) is 0 Å². The first-order valence-electron chi connectivity index (χ1n) is 9.69. The number of nitrogens with zero attached hydrogens (tertiary/aromatic N) is 1. The molecule has 0 aliphatic carbocycles. The Morgan fingerprint density at radius 3 is 2.52 bits per heavy atom. The molecule has 1 unspecified atom stereocenters. The number of amides is 1. The number of rotatable bonds is 5. The predicted octanol–water partition coefficient (Wildman–Crippen LogP) is 4.50. The van der Waals surface area contributed by atoms with Gasteiger partial charge in [0.05, 0.1) is 10.1 Å². The Morgan fingerprint density at radius 1 is 1.00 bits per heavy atom. The van der Waals surface area contributed by atoms with Crippen molar-refractivity contribution in [2.24, 2.45) is 0 Å². The Balaban J connectivity index is 1.41. The minimum absolute atomic E-state index is 0.00624. The maximum Gasteiger partial charge on any atom is 0.222 e. The molecule has 1 aliphatic heterocycles. The minimum Gasteiger partial charge on any atom is -0.341 e. The van der Waals surface area contributed by atoms with E-state index < -0.39 is 15.1 Å². The third-order valence-electron chi connectivity index (χ3n) is 5.57. The lowest BCUT2D eigenvalue weighted by Gasteiger charge is -2.17. The van der Waals surface area contributed by atoms with Crippen molar-refractivity contribution < 1.29 is 13.2 Å². The Kier molecular flexibility index (Phi) is 5.61. The quantitative estimate of drug-likeness (QED) is 0.602. The monoisotopic (exact) mass is 427 g/mol. The molecule has 0 spiro atoms. The lowest BCUT2D eigenvalue weighted by Crippen LogP contribution is -2.32. The summed E-state index contributed by atoms with van der Waals surface area (Å²) in [4.78, 5) is 14.7. The molecule has 0 aromatic heterocycles. The van der Waals surface area contributed by atoms with Crippen molar-refractivity contribution in [3.8, 4) is 0 Å². The maximum absolute atomic E-state index is 12.9. The number of fused-ring (bicyclic) bond motifs is 1. The highest BCUT2D eigenvalue weighted by Gasteiger charge is 2.35. The van der Waals surface area contributed by atoms with E-state index in [0.717, 1.165) is 16.3 Å². The summed E-state index contributed by atoms with van der Waals surface area (Å²) in [6.45, 7) is 0.727. The van der Waals surface area contributed by atoms with Gasteiger partial charge < -0.3 is 4.90 Å². The second-order valence-corrected chi connectivity index (χ2v) is 10.1. The third kappa shape index (κ3) is 4.16. The van der Waals surface area contributed by atoms with Crippen LogP contribution in [0.5, 0.6) is 0 Å². The molecule has 0 radical (unpaired) electrons. The lowest BCUT2D eigenvalue weighted by molar-refractivity contribution is -0.130. The molecule has 29 heavy (non-hydrogen) atoms. The normalized spacial score (nSPS) is 17.0. The number of sulfone groups is 1. The molecule has 1 amide bonds. The van der Waals surface area contributed by atoms with E-state index in [9.17, 15) is 13.2 Å². The Morgan fingerprint density at radius 2 is 1.72 bits per heavy atom. The zero-order valence-electron chi connectivity index (χ0n) is 15.9. The van der Waals surface area contributed by atoms with E-state index in [1.807, 2.05) is 24.3 Å². The second kappa shape index (κ2) is 8.17. The average Bonchev–Trinajstić information content (AvgIpc) is 3.23. The molecule has 1 aliphatic rings. The summed E-state index contributed by atoms with van der Waals surface area (Å²) in [6, 6.07) is 20.5. The van der Waals surface area contributed by atoms with Gasteiger partial charge in [-0.3, -0.25) is 4.79 Å². The fraction of sp³-hybridized carbons (Fsp3) is 0.261. The standard InChI is InChI=1S/C23H22ClNO3S/c24-19-9-11-20(12-10-19)29(27,28)21-14-15-25(16-21)23(26)13-8-18-6-3-5-17-4-1-2-7-22(17)18/h1-7,9-12,21H,8,13-16H2. The first-order chi connectivity index (χ1) is 13.9. The van der Waals surface area contributed by atoms with Crippen LogP contribution in [0.15, 0.2) is 71.6 Å². The smallest absolute Gasteiger partial charge is 0.222 e. The molecule has 1 atom stereocenters. The first-order valence-corrected chi connectivity index (χ1v) is 11.6. The van der Waals surface area contributed by atoms with E-state index in [1.165, 1.54) is 12.1 Å². The van der Waals surface area contributed by atoms with Crippen LogP contribution in [-0.2, 0) is 21.1 Å². The number of halogens is 1. The van der Waals surface area contributed by atoms with E-state index in [2.05, 4.69) is 18.2 Å². The summed E-state index contributed by atoms with van der Waals surface area (Å²) in [6.07, 6.45) is 1.48. The van der Waals surface area contributed by atoms with Gasteiger partial charge in [-0.25, -0.2) is 8.42 Å². The summed E-state index contributed by atoms with van der Waals surface area (Å²) < 4.78 is 25.7. The molecule has 0 saturated carbocycles. The molecule has 1 saturated heterocycles. The number of likely N-dealkylation sites (tertiary alicyclic amines) is 1. The van der Waals surface area contributed by atoms with Crippen molar-refractivity contribution in [1.82, 2.24) is 4.90 Å². The van der Waals surface area contributed by atoms with Crippen LogP contribution >= 0.6 is 11.6 Å². The Bertz CT molecular complexity index is 1140. The van der Waals surface area contributed by atoms with Gasteiger partial charge in [0.2, 0.25) is 5.91 Å². The van der Waals surface area contributed by atoms with Crippen LogP contribution in [0.2, 0.25) is 5.02 Å². The average molecular weight is 428 g/mol. The van der Waals surface area contributed by atoms with Gasteiger partial charge in [-0.15, -0.1) is 0 Å². The predicted molar refractivity (Wildman–Crippen MR) is 116 cm³/mol. The highest BCUT2D eigenvalue weighted by atomic mass is 35.5. The number of hydrogen-bond acceptors (Lipinski definition) is 3. The summed E-state index contributed by atoms with van der Waals surface area (Å²) in [5.41, 5.74) is 1.14. The number of carbonyl (C=O) groups is 1. The molecule has 0 N–H and O–H groups in total. The summed E-state index contributed by atoms with van der Waals surface area (Å²) in [7, 11) is -3.47. The largest absolute Gasteiger partial charge is 0.341 e. The van der Waals surface area contributed by atoms with Crippen LogP contribution in [0.3, 0.4) is 0 Å². The third-order valence-corrected chi connectivity index (χ3v) is 8.01. The molecular weight excluding hydrogens is 406 g/mol. The zero-order chi connectivity index (χ0) is 20.4. The fourth-order valence-electron chi connectivity index (χ4n) is 3.93. The molecule has 1 fully saturated rings. The number of hydrogen-bond donors (Lipinski definition) is 0. The van der Waals surface area contributed by atoms with E-state index in [4.69, 9.17) is 11.6 Å². The van der Waals surface area contributed by atoms with Crippen LogP contribution in [0, 0.1) is 0 Å². The molecule has 1 heterocycles. The molecule has 3 aromatic carbocycles. The minimum atomic E-state index is -3.47. The van der Waals surface area contributed by atoms with Crippen molar-refractivity contribution in [2.75, 3.05) is 13.1 Å². The van der Waals surface area contributed by atoms with Gasteiger partial charge in [0.15, 0.2) is 9.84 Å². The number of aryl methyl sites for hydroxylation is 1. The van der Waals surface area contributed by atoms with Crippen molar-refractivity contribution >= 4 is 38.1 Å².